The maximum atomic E-state index is 11.3. The number of rotatable bonds is 6. The van der Waals surface area contributed by atoms with Crippen LogP contribution in [0, 0.1) is 12.3 Å². The smallest absolute Gasteiger partial charge is 0.331 e. The van der Waals surface area contributed by atoms with Crippen LogP contribution in [-0.4, -0.2) is 12.6 Å². The van der Waals surface area contributed by atoms with Crippen LogP contribution in [0.5, 0.6) is 5.75 Å². The van der Waals surface area contributed by atoms with E-state index >= 15 is 0 Å². The monoisotopic (exact) mass is 360 g/mol. The minimum absolute atomic E-state index is 0.0542. The molecule has 2 rings (SSSR count). The van der Waals surface area contributed by atoms with Crippen LogP contribution in [0.1, 0.15) is 11.1 Å². The zero-order valence-corrected chi connectivity index (χ0v) is 14.2. The van der Waals surface area contributed by atoms with E-state index in [1.807, 2.05) is 12.1 Å². The van der Waals surface area contributed by atoms with E-state index < -0.39 is 5.97 Å². The lowest BCUT2D eigenvalue weighted by molar-refractivity contribution is -0.136. The molecule has 122 valence electrons. The van der Waals surface area contributed by atoms with Gasteiger partial charge in [-0.2, -0.15) is 0 Å². The van der Waals surface area contributed by atoms with Gasteiger partial charge in [0, 0.05) is 11.1 Å². The molecule has 0 radical (unpaired) electrons. The van der Waals surface area contributed by atoms with Crippen molar-refractivity contribution in [1.82, 2.24) is 0 Å². The van der Waals surface area contributed by atoms with Crippen molar-refractivity contribution in [1.29, 1.82) is 0 Å². The first-order valence-corrected chi connectivity index (χ1v) is 7.79. The number of hydrogen-bond donors (Lipinski definition) is 0. The molecule has 0 fully saturated rings. The maximum absolute atomic E-state index is 11.3. The number of hydrogen-bond acceptors (Lipinski definition) is 3. The third-order valence-corrected chi connectivity index (χ3v) is 3.52. The Labute approximate surface area is 150 Å². The van der Waals surface area contributed by atoms with E-state index in [0.29, 0.717) is 22.4 Å². The average molecular weight is 361 g/mol. The van der Waals surface area contributed by atoms with Gasteiger partial charge in [-0.3, -0.25) is 0 Å². The average Bonchev–Trinajstić information content (AvgIpc) is 2.58. The number of ether oxygens (including phenoxy) is 2. The Morgan fingerprint density at radius 1 is 1.17 bits per heavy atom. The summed E-state index contributed by atoms with van der Waals surface area (Å²) in [6.07, 6.45) is 7.89. The summed E-state index contributed by atoms with van der Waals surface area (Å²) in [5, 5.41) is 1.12. The number of carbonyl (C=O) groups excluding carboxylic acids is 1. The highest BCUT2D eigenvalue weighted by Crippen LogP contribution is 2.27. The largest absolute Gasteiger partial charge is 0.487 e. The Morgan fingerprint density at radius 3 is 2.58 bits per heavy atom. The van der Waals surface area contributed by atoms with Gasteiger partial charge in [0.15, 0.2) is 6.61 Å². The second-order valence-electron chi connectivity index (χ2n) is 4.75. The van der Waals surface area contributed by atoms with E-state index in [9.17, 15) is 4.79 Å². The van der Waals surface area contributed by atoms with Gasteiger partial charge in [0.2, 0.25) is 0 Å². The molecule has 0 spiro atoms. The third kappa shape index (κ3) is 5.66. The van der Waals surface area contributed by atoms with Crippen molar-refractivity contribution >= 4 is 35.2 Å². The summed E-state index contributed by atoms with van der Waals surface area (Å²) in [6.45, 7) is 0.325. The molecule has 0 saturated carbocycles. The molecule has 5 heteroatoms. The topological polar surface area (TPSA) is 35.5 Å². The molecule has 0 N–H and O–H groups in total. The van der Waals surface area contributed by atoms with E-state index in [2.05, 4.69) is 5.92 Å². The summed E-state index contributed by atoms with van der Waals surface area (Å²) >= 11 is 12.0. The molecule has 3 nitrogen and oxygen atoms in total. The summed E-state index contributed by atoms with van der Waals surface area (Å²) in [5.74, 6) is 2.27. The highest BCUT2D eigenvalue weighted by Gasteiger charge is 2.03. The molecule has 0 aliphatic carbocycles. The third-order valence-electron chi connectivity index (χ3n) is 2.97. The van der Waals surface area contributed by atoms with Crippen molar-refractivity contribution in [3.63, 3.8) is 0 Å². The van der Waals surface area contributed by atoms with Crippen molar-refractivity contribution in [2.75, 3.05) is 6.61 Å². The number of carbonyl (C=O) groups is 1. The van der Waals surface area contributed by atoms with Crippen LogP contribution < -0.4 is 4.74 Å². The van der Waals surface area contributed by atoms with E-state index in [-0.39, 0.29) is 6.61 Å². The van der Waals surface area contributed by atoms with Gasteiger partial charge in [-0.15, -0.1) is 6.42 Å². The molecular formula is C19H14Cl2O3. The summed E-state index contributed by atoms with van der Waals surface area (Å²) in [5.41, 5.74) is 1.73. The summed E-state index contributed by atoms with van der Waals surface area (Å²) in [6, 6.07) is 12.6. The molecule has 2 aromatic carbocycles. The van der Waals surface area contributed by atoms with Gasteiger partial charge < -0.3 is 9.47 Å². The van der Waals surface area contributed by atoms with Crippen LogP contribution in [0.2, 0.25) is 10.0 Å². The minimum atomic E-state index is -0.507. The minimum Gasteiger partial charge on any atom is -0.487 e. The Balaban J connectivity index is 1.96. The summed E-state index contributed by atoms with van der Waals surface area (Å²) in [7, 11) is 0. The fraction of sp³-hybridized carbons (Fsp3) is 0.105. The fourth-order valence-corrected chi connectivity index (χ4v) is 2.17. The van der Waals surface area contributed by atoms with Crippen LogP contribution in [0.3, 0.4) is 0 Å². The summed E-state index contributed by atoms with van der Waals surface area (Å²) < 4.78 is 10.4. The Kier molecular flexibility index (Phi) is 6.74. The van der Waals surface area contributed by atoms with Crippen LogP contribution in [0.15, 0.2) is 48.5 Å². The number of halogens is 2. The molecule has 0 aliphatic heterocycles. The van der Waals surface area contributed by atoms with Crippen LogP contribution in [0.25, 0.3) is 6.08 Å². The SMILES string of the molecule is C#CCOC(=O)/C=C/c1ccc(OCc2ccc(Cl)cc2)c(Cl)c1. The van der Waals surface area contributed by atoms with Gasteiger partial charge in [-0.1, -0.05) is 47.3 Å². The van der Waals surface area contributed by atoms with E-state index in [4.69, 9.17) is 39.1 Å². The van der Waals surface area contributed by atoms with Crippen LogP contribution >= 0.6 is 23.2 Å². The van der Waals surface area contributed by atoms with E-state index in [1.54, 1.807) is 36.4 Å². The van der Waals surface area contributed by atoms with Gasteiger partial charge in [-0.25, -0.2) is 4.79 Å². The lowest BCUT2D eigenvalue weighted by Gasteiger charge is -2.09. The van der Waals surface area contributed by atoms with Crippen LogP contribution in [0.4, 0.5) is 0 Å². The van der Waals surface area contributed by atoms with Gasteiger partial charge in [0.25, 0.3) is 0 Å². The van der Waals surface area contributed by atoms with Crippen molar-refractivity contribution < 1.29 is 14.3 Å². The Bertz CT molecular complexity index is 774. The molecule has 0 amide bonds. The van der Waals surface area contributed by atoms with Crippen LogP contribution in [-0.2, 0) is 16.1 Å². The lowest BCUT2D eigenvalue weighted by atomic mass is 10.2. The quantitative estimate of drug-likeness (QED) is 0.423. The molecule has 0 aliphatic rings. The van der Waals surface area contributed by atoms with Gasteiger partial charge in [0.05, 0.1) is 5.02 Å². The van der Waals surface area contributed by atoms with E-state index in [1.165, 1.54) is 6.08 Å². The second kappa shape index (κ2) is 9.02. The van der Waals surface area contributed by atoms with Gasteiger partial charge in [0.1, 0.15) is 12.4 Å². The zero-order valence-electron chi connectivity index (χ0n) is 12.7. The number of benzene rings is 2. The second-order valence-corrected chi connectivity index (χ2v) is 5.59. The molecule has 0 saturated heterocycles. The zero-order chi connectivity index (χ0) is 17.4. The number of esters is 1. The summed E-state index contributed by atoms with van der Waals surface area (Å²) in [4.78, 5) is 11.3. The predicted octanol–water partition coefficient (Wildman–Crippen LogP) is 4.76. The first kappa shape index (κ1) is 17.9. The Hall–Kier alpha value is -2.41. The van der Waals surface area contributed by atoms with Crippen molar-refractivity contribution in [3.05, 3.63) is 69.7 Å². The van der Waals surface area contributed by atoms with Crippen molar-refractivity contribution in [3.8, 4) is 18.1 Å². The normalized spacial score (nSPS) is 10.4. The molecule has 24 heavy (non-hydrogen) atoms. The Morgan fingerprint density at radius 2 is 1.92 bits per heavy atom. The first-order valence-electron chi connectivity index (χ1n) is 7.03. The van der Waals surface area contributed by atoms with Gasteiger partial charge in [-0.05, 0) is 41.5 Å². The first-order chi connectivity index (χ1) is 11.6. The molecular weight excluding hydrogens is 347 g/mol. The van der Waals surface area contributed by atoms with Crippen molar-refractivity contribution in [2.24, 2.45) is 0 Å². The molecule has 0 atom stereocenters. The fourth-order valence-electron chi connectivity index (χ4n) is 1.80. The molecule has 0 bridgehead atoms. The molecule has 0 unspecified atom stereocenters. The van der Waals surface area contributed by atoms with Crippen molar-refractivity contribution in [2.45, 2.75) is 6.61 Å². The number of terminal acetylenes is 1. The predicted molar refractivity (Wildman–Crippen MR) is 96.1 cm³/mol. The van der Waals surface area contributed by atoms with E-state index in [0.717, 1.165) is 11.1 Å². The maximum Gasteiger partial charge on any atom is 0.331 e. The van der Waals surface area contributed by atoms with Gasteiger partial charge >= 0.3 is 5.97 Å². The highest BCUT2D eigenvalue weighted by atomic mass is 35.5. The standard InChI is InChI=1S/C19H14Cl2O3/c1-2-11-23-19(22)10-6-14-5-9-18(17(21)12-14)24-13-15-3-7-16(20)8-4-15/h1,3-10,12H,11,13H2/b10-6+. The molecule has 0 heterocycles. The molecule has 2 aromatic rings. The highest BCUT2D eigenvalue weighted by molar-refractivity contribution is 6.32. The lowest BCUT2D eigenvalue weighted by Crippen LogP contribution is -1.99. The molecule has 0 aromatic heterocycles.